The number of methoxy groups -OCH3 is 1. The molecule has 0 bridgehead atoms. The number of hydrogen-bond acceptors (Lipinski definition) is 7. The molecule has 2 fully saturated rings. The maximum Gasteiger partial charge on any atom is 0.419 e. The molecule has 2 aromatic rings. The van der Waals surface area contributed by atoms with Gasteiger partial charge in [0.15, 0.2) is 0 Å². The summed E-state index contributed by atoms with van der Waals surface area (Å²) in [6.45, 7) is 5.61. The summed E-state index contributed by atoms with van der Waals surface area (Å²) in [6.07, 6.45) is 3.29. The molecule has 45 heavy (non-hydrogen) atoms. The van der Waals surface area contributed by atoms with Gasteiger partial charge in [-0.3, -0.25) is 9.59 Å². The van der Waals surface area contributed by atoms with Gasteiger partial charge in [0.2, 0.25) is 11.9 Å². The van der Waals surface area contributed by atoms with Crippen LogP contribution in [0.2, 0.25) is 0 Å². The molecular weight excluding hydrogens is 585 g/mol. The number of ether oxygens (including phenoxy) is 1. The zero-order chi connectivity index (χ0) is 32.7. The molecule has 12 heteroatoms. The summed E-state index contributed by atoms with van der Waals surface area (Å²) in [4.78, 5) is 37.9. The monoisotopic (exact) mass is 632 g/mol. The average molecular weight is 633 g/mol. The summed E-state index contributed by atoms with van der Waals surface area (Å²) in [5.74, 6) is 0.383. The Morgan fingerprint density at radius 1 is 1.13 bits per heavy atom. The van der Waals surface area contributed by atoms with Crippen LogP contribution in [0.15, 0.2) is 24.4 Å². The van der Waals surface area contributed by atoms with Crippen molar-refractivity contribution in [1.29, 1.82) is 0 Å². The van der Waals surface area contributed by atoms with Crippen molar-refractivity contribution in [2.75, 3.05) is 39.6 Å². The van der Waals surface area contributed by atoms with Gasteiger partial charge in [-0.25, -0.2) is 9.97 Å². The van der Waals surface area contributed by atoms with Crippen LogP contribution in [-0.2, 0) is 17.4 Å². The zero-order valence-corrected chi connectivity index (χ0v) is 27.0. The highest BCUT2D eigenvalue weighted by Gasteiger charge is 2.36. The molecule has 0 radical (unpaired) electrons. The second kappa shape index (κ2) is 15.2. The molecule has 2 heterocycles. The van der Waals surface area contributed by atoms with E-state index in [1.807, 2.05) is 25.8 Å². The van der Waals surface area contributed by atoms with E-state index in [1.165, 1.54) is 7.11 Å². The second-order valence-electron chi connectivity index (χ2n) is 12.8. The van der Waals surface area contributed by atoms with Gasteiger partial charge in [0.1, 0.15) is 5.75 Å². The third-order valence-corrected chi connectivity index (χ3v) is 9.13. The van der Waals surface area contributed by atoms with Crippen LogP contribution in [0.5, 0.6) is 5.75 Å². The summed E-state index contributed by atoms with van der Waals surface area (Å²) < 4.78 is 47.3. The van der Waals surface area contributed by atoms with Crippen LogP contribution in [0.1, 0.15) is 86.8 Å². The predicted octanol–water partition coefficient (Wildman–Crippen LogP) is 6.07. The molecule has 248 valence electrons. The molecule has 0 unspecified atom stereocenters. The average Bonchev–Trinajstić information content (AvgIpc) is 3.01. The number of anilines is 2. The number of carbonyl (C=O) groups is 2. The number of halogens is 3. The highest BCUT2D eigenvalue weighted by atomic mass is 19.4. The normalized spacial score (nSPS) is 19.8. The van der Waals surface area contributed by atoms with Gasteiger partial charge in [-0.15, -0.1) is 0 Å². The van der Waals surface area contributed by atoms with E-state index in [9.17, 15) is 22.8 Å². The number of nitrogens with one attached hydrogen (secondary N) is 2. The molecule has 1 aromatic carbocycles. The summed E-state index contributed by atoms with van der Waals surface area (Å²) in [7, 11) is 5.36. The molecule has 0 spiro atoms. The SMILES string of the molecule is COc1cc(C(=O)NC2CCN(C)CC2)ccc1Nc1ncc(C(F)(F)F)c(CCC[C@H]2CCCC[C@H]2N(C)C(=O)C(C)C)n1. The van der Waals surface area contributed by atoms with Crippen molar-refractivity contribution in [1.82, 2.24) is 25.1 Å². The van der Waals surface area contributed by atoms with Gasteiger partial charge in [0, 0.05) is 36.8 Å². The van der Waals surface area contributed by atoms with Crippen LogP contribution < -0.4 is 15.4 Å². The molecule has 2 atom stereocenters. The third-order valence-electron chi connectivity index (χ3n) is 9.13. The van der Waals surface area contributed by atoms with E-state index < -0.39 is 11.7 Å². The summed E-state index contributed by atoms with van der Waals surface area (Å²) in [5, 5.41) is 6.06. The number of alkyl halides is 3. The molecular formula is C33H47F3N6O3. The van der Waals surface area contributed by atoms with Crippen LogP contribution in [0.25, 0.3) is 0 Å². The largest absolute Gasteiger partial charge is 0.495 e. The highest BCUT2D eigenvalue weighted by molar-refractivity contribution is 5.95. The molecule has 2 aliphatic rings. The minimum Gasteiger partial charge on any atom is -0.495 e. The molecule has 1 saturated heterocycles. The first-order valence-corrected chi connectivity index (χ1v) is 16.0. The first kappa shape index (κ1) is 34.5. The van der Waals surface area contributed by atoms with Crippen molar-refractivity contribution >= 4 is 23.5 Å². The minimum atomic E-state index is -4.59. The van der Waals surface area contributed by atoms with Gasteiger partial charge < -0.3 is 25.2 Å². The van der Waals surface area contributed by atoms with E-state index in [2.05, 4.69) is 32.5 Å². The number of rotatable bonds is 11. The third kappa shape index (κ3) is 9.08. The molecule has 1 saturated carbocycles. The van der Waals surface area contributed by atoms with Crippen molar-refractivity contribution in [2.24, 2.45) is 11.8 Å². The van der Waals surface area contributed by atoms with E-state index >= 15 is 0 Å². The van der Waals surface area contributed by atoms with Crippen LogP contribution in [0.3, 0.4) is 0 Å². The Morgan fingerprint density at radius 3 is 2.51 bits per heavy atom. The number of aryl methyl sites for hydroxylation is 1. The number of likely N-dealkylation sites (tertiary alicyclic amines) is 1. The first-order valence-electron chi connectivity index (χ1n) is 16.0. The smallest absolute Gasteiger partial charge is 0.419 e. The lowest BCUT2D eigenvalue weighted by Crippen LogP contribution is -2.45. The number of carbonyl (C=O) groups excluding carboxylic acids is 2. The van der Waals surface area contributed by atoms with Crippen LogP contribution >= 0.6 is 0 Å². The number of piperidine rings is 1. The molecule has 1 aliphatic carbocycles. The number of nitrogens with zero attached hydrogens (tertiary/aromatic N) is 4. The van der Waals surface area contributed by atoms with E-state index in [4.69, 9.17) is 4.74 Å². The van der Waals surface area contributed by atoms with Crippen LogP contribution in [0.4, 0.5) is 24.8 Å². The van der Waals surface area contributed by atoms with E-state index in [-0.39, 0.29) is 53.8 Å². The Balaban J connectivity index is 1.45. The topological polar surface area (TPSA) is 99.7 Å². The van der Waals surface area contributed by atoms with Crippen molar-refractivity contribution in [3.8, 4) is 5.75 Å². The molecule has 9 nitrogen and oxygen atoms in total. The van der Waals surface area contributed by atoms with E-state index in [0.717, 1.165) is 57.8 Å². The highest BCUT2D eigenvalue weighted by Crippen LogP contribution is 2.35. The molecule has 4 rings (SSSR count). The Labute approximate surface area is 264 Å². The van der Waals surface area contributed by atoms with Crippen LogP contribution in [-0.4, -0.2) is 78.0 Å². The fourth-order valence-corrected chi connectivity index (χ4v) is 6.52. The van der Waals surface area contributed by atoms with E-state index in [0.29, 0.717) is 29.8 Å². The van der Waals surface area contributed by atoms with Gasteiger partial charge in [0.05, 0.1) is 24.1 Å². The Morgan fingerprint density at radius 2 is 1.84 bits per heavy atom. The lowest BCUT2D eigenvalue weighted by Gasteiger charge is -2.39. The maximum absolute atomic E-state index is 13.9. The lowest BCUT2D eigenvalue weighted by molar-refractivity contribution is -0.139. The molecule has 1 aromatic heterocycles. The summed E-state index contributed by atoms with van der Waals surface area (Å²) in [6, 6.07) is 5.08. The molecule has 1 aliphatic heterocycles. The van der Waals surface area contributed by atoms with Gasteiger partial charge in [-0.1, -0.05) is 26.7 Å². The van der Waals surface area contributed by atoms with Gasteiger partial charge in [-0.2, -0.15) is 13.2 Å². The Bertz CT molecular complexity index is 1310. The predicted molar refractivity (Wildman–Crippen MR) is 168 cm³/mol. The molecule has 2 amide bonds. The van der Waals surface area contributed by atoms with Crippen LogP contribution in [0, 0.1) is 11.8 Å². The van der Waals surface area contributed by atoms with Crippen molar-refractivity contribution in [3.05, 3.63) is 41.2 Å². The maximum atomic E-state index is 13.9. The van der Waals surface area contributed by atoms with Crippen molar-refractivity contribution in [3.63, 3.8) is 0 Å². The van der Waals surface area contributed by atoms with Gasteiger partial charge >= 0.3 is 6.18 Å². The number of benzene rings is 1. The van der Waals surface area contributed by atoms with Crippen molar-refractivity contribution in [2.45, 2.75) is 89.9 Å². The van der Waals surface area contributed by atoms with Gasteiger partial charge in [0.25, 0.3) is 5.91 Å². The number of aromatic nitrogens is 2. The first-order chi connectivity index (χ1) is 21.4. The van der Waals surface area contributed by atoms with E-state index in [1.54, 1.807) is 18.2 Å². The second-order valence-corrected chi connectivity index (χ2v) is 12.8. The summed E-state index contributed by atoms with van der Waals surface area (Å²) >= 11 is 0. The fraction of sp³-hybridized carbons (Fsp3) is 0.636. The Hall–Kier alpha value is -3.41. The minimum absolute atomic E-state index is 0.0117. The number of amides is 2. The number of hydrogen-bond donors (Lipinski definition) is 2. The van der Waals surface area contributed by atoms with Crippen molar-refractivity contribution < 1.29 is 27.5 Å². The summed E-state index contributed by atoms with van der Waals surface area (Å²) in [5.41, 5.74) is -0.0747. The quantitative estimate of drug-likeness (QED) is 0.310. The molecule has 2 N–H and O–H groups in total. The fourth-order valence-electron chi connectivity index (χ4n) is 6.52. The Kier molecular flexibility index (Phi) is 11.7. The zero-order valence-electron chi connectivity index (χ0n) is 27.0. The lowest BCUT2D eigenvalue weighted by atomic mass is 9.80. The standard InChI is InChI=1S/C33H47F3N6O3/c1-21(2)31(44)42(4)28-12-7-6-9-22(28)10-8-11-26-25(33(34,35)36)20-37-32(39-26)40-27-14-13-23(19-29(27)45-5)30(43)38-24-15-17-41(3)18-16-24/h13-14,19-22,24,28H,6-12,15-18H2,1-5H3,(H,38,43)(H,37,39,40)/t22-,28-/m1/s1. The van der Waals surface area contributed by atoms with Gasteiger partial charge in [-0.05, 0) is 89.2 Å².